The lowest BCUT2D eigenvalue weighted by Crippen LogP contribution is -2.07. The Bertz CT molecular complexity index is 752. The standard InChI is InChI=1S/C15H16N4O2/c1-9(10-3-5-11(20-2)6-4-10)17-13-8-7-12(16)14-15(13)19-21-18-14/h3-9,17H,16H2,1-2H3. The Balaban J connectivity index is 1.87. The van der Waals surface area contributed by atoms with Crippen molar-refractivity contribution in [1.82, 2.24) is 10.3 Å². The highest BCUT2D eigenvalue weighted by molar-refractivity contribution is 5.95. The zero-order chi connectivity index (χ0) is 14.8. The monoisotopic (exact) mass is 284 g/mol. The van der Waals surface area contributed by atoms with E-state index in [4.69, 9.17) is 15.1 Å². The maximum absolute atomic E-state index is 5.84. The predicted octanol–water partition coefficient (Wildman–Crippen LogP) is 2.99. The summed E-state index contributed by atoms with van der Waals surface area (Å²) >= 11 is 0. The zero-order valence-electron chi connectivity index (χ0n) is 11.8. The lowest BCUT2D eigenvalue weighted by atomic mass is 10.1. The van der Waals surface area contributed by atoms with Crippen LogP contribution in [-0.4, -0.2) is 17.4 Å². The molecule has 108 valence electrons. The first-order valence-electron chi connectivity index (χ1n) is 6.60. The SMILES string of the molecule is COc1ccc(C(C)Nc2ccc(N)c3nonc23)cc1. The molecule has 0 spiro atoms. The molecule has 0 radical (unpaired) electrons. The van der Waals surface area contributed by atoms with Gasteiger partial charge in [-0.1, -0.05) is 12.1 Å². The van der Waals surface area contributed by atoms with Crippen LogP contribution in [0.2, 0.25) is 0 Å². The average molecular weight is 284 g/mol. The Morgan fingerprint density at radius 1 is 1.10 bits per heavy atom. The second kappa shape index (κ2) is 5.32. The molecule has 2 aromatic carbocycles. The Kier molecular flexibility index (Phi) is 3.35. The number of fused-ring (bicyclic) bond motifs is 1. The molecule has 0 saturated heterocycles. The van der Waals surface area contributed by atoms with Crippen LogP contribution in [0, 0.1) is 0 Å². The Morgan fingerprint density at radius 3 is 2.52 bits per heavy atom. The molecule has 21 heavy (non-hydrogen) atoms. The number of anilines is 2. The predicted molar refractivity (Wildman–Crippen MR) is 81.2 cm³/mol. The third-order valence-electron chi connectivity index (χ3n) is 3.43. The molecule has 1 unspecified atom stereocenters. The summed E-state index contributed by atoms with van der Waals surface area (Å²) in [7, 11) is 1.65. The van der Waals surface area contributed by atoms with E-state index >= 15 is 0 Å². The molecule has 6 heteroatoms. The number of hydrogen-bond acceptors (Lipinski definition) is 6. The van der Waals surface area contributed by atoms with E-state index in [1.165, 1.54) is 0 Å². The molecule has 1 aromatic heterocycles. The number of nitrogens with zero attached hydrogens (tertiary/aromatic N) is 2. The molecule has 6 nitrogen and oxygen atoms in total. The summed E-state index contributed by atoms with van der Waals surface area (Å²) in [6.07, 6.45) is 0. The van der Waals surface area contributed by atoms with Crippen molar-refractivity contribution >= 4 is 22.4 Å². The average Bonchev–Trinajstić information content (AvgIpc) is 3.01. The van der Waals surface area contributed by atoms with Gasteiger partial charge in [0.1, 0.15) is 5.75 Å². The van der Waals surface area contributed by atoms with Crippen LogP contribution in [0.4, 0.5) is 11.4 Å². The summed E-state index contributed by atoms with van der Waals surface area (Å²) in [6, 6.07) is 11.7. The molecule has 3 N–H and O–H groups in total. The van der Waals surface area contributed by atoms with Crippen LogP contribution in [0.15, 0.2) is 41.0 Å². The van der Waals surface area contributed by atoms with Crippen molar-refractivity contribution in [2.45, 2.75) is 13.0 Å². The van der Waals surface area contributed by atoms with Crippen molar-refractivity contribution < 1.29 is 9.37 Å². The highest BCUT2D eigenvalue weighted by Gasteiger charge is 2.13. The van der Waals surface area contributed by atoms with Crippen LogP contribution in [0.25, 0.3) is 11.0 Å². The van der Waals surface area contributed by atoms with E-state index in [1.54, 1.807) is 13.2 Å². The van der Waals surface area contributed by atoms with Gasteiger partial charge in [-0.15, -0.1) is 0 Å². The lowest BCUT2D eigenvalue weighted by molar-refractivity contribution is 0.315. The fourth-order valence-corrected chi connectivity index (χ4v) is 2.21. The van der Waals surface area contributed by atoms with Crippen LogP contribution in [0.5, 0.6) is 5.75 Å². The van der Waals surface area contributed by atoms with Gasteiger partial charge in [0.25, 0.3) is 0 Å². The minimum atomic E-state index is 0.0967. The molecule has 0 bridgehead atoms. The Hall–Kier alpha value is -2.76. The second-order valence-corrected chi connectivity index (χ2v) is 4.80. The number of nitrogen functional groups attached to an aromatic ring is 1. The first kappa shape index (κ1) is 13.2. The van der Waals surface area contributed by atoms with Crippen molar-refractivity contribution in [2.24, 2.45) is 0 Å². The molecule has 3 aromatic rings. The summed E-state index contributed by atoms with van der Waals surface area (Å²) in [5, 5.41) is 11.1. The summed E-state index contributed by atoms with van der Waals surface area (Å²) in [5.74, 6) is 0.835. The number of nitrogens with one attached hydrogen (secondary N) is 1. The number of hydrogen-bond donors (Lipinski definition) is 2. The van der Waals surface area contributed by atoms with Gasteiger partial charge in [-0.3, -0.25) is 0 Å². The quantitative estimate of drug-likeness (QED) is 0.716. The van der Waals surface area contributed by atoms with Crippen LogP contribution in [-0.2, 0) is 0 Å². The molecule has 1 heterocycles. The van der Waals surface area contributed by atoms with E-state index in [-0.39, 0.29) is 6.04 Å². The van der Waals surface area contributed by atoms with E-state index in [2.05, 4.69) is 22.6 Å². The van der Waals surface area contributed by atoms with Gasteiger partial charge >= 0.3 is 0 Å². The van der Waals surface area contributed by atoms with Crippen molar-refractivity contribution in [3.63, 3.8) is 0 Å². The topological polar surface area (TPSA) is 86.2 Å². The van der Waals surface area contributed by atoms with Gasteiger partial charge in [-0.25, -0.2) is 4.63 Å². The highest BCUT2D eigenvalue weighted by atomic mass is 16.6. The third-order valence-corrected chi connectivity index (χ3v) is 3.43. The number of methoxy groups -OCH3 is 1. The second-order valence-electron chi connectivity index (χ2n) is 4.80. The summed E-state index contributed by atoms with van der Waals surface area (Å²) in [4.78, 5) is 0. The maximum Gasteiger partial charge on any atom is 0.160 e. The molecule has 0 aliphatic heterocycles. The smallest absolute Gasteiger partial charge is 0.160 e. The summed E-state index contributed by atoms with van der Waals surface area (Å²) in [5.41, 5.74) is 9.57. The Labute approximate surface area is 121 Å². The van der Waals surface area contributed by atoms with Gasteiger partial charge in [0.15, 0.2) is 11.0 Å². The van der Waals surface area contributed by atoms with Gasteiger partial charge in [0, 0.05) is 6.04 Å². The van der Waals surface area contributed by atoms with Gasteiger partial charge in [-0.05, 0) is 47.1 Å². The van der Waals surface area contributed by atoms with Crippen LogP contribution < -0.4 is 15.8 Å². The van der Waals surface area contributed by atoms with E-state index in [0.29, 0.717) is 16.7 Å². The number of aromatic nitrogens is 2. The highest BCUT2D eigenvalue weighted by Crippen LogP contribution is 2.28. The van der Waals surface area contributed by atoms with Crippen molar-refractivity contribution in [2.75, 3.05) is 18.2 Å². The number of ether oxygens (including phenoxy) is 1. The summed E-state index contributed by atoms with van der Waals surface area (Å²) in [6.45, 7) is 2.07. The maximum atomic E-state index is 5.84. The van der Waals surface area contributed by atoms with Crippen molar-refractivity contribution in [3.8, 4) is 5.75 Å². The van der Waals surface area contributed by atoms with E-state index in [0.717, 1.165) is 17.0 Å². The largest absolute Gasteiger partial charge is 0.497 e. The number of benzene rings is 2. The van der Waals surface area contributed by atoms with E-state index in [1.807, 2.05) is 30.3 Å². The fourth-order valence-electron chi connectivity index (χ4n) is 2.21. The third kappa shape index (κ3) is 2.47. The van der Waals surface area contributed by atoms with Crippen LogP contribution in [0.3, 0.4) is 0 Å². The van der Waals surface area contributed by atoms with Crippen molar-refractivity contribution in [1.29, 1.82) is 0 Å². The lowest BCUT2D eigenvalue weighted by Gasteiger charge is -2.16. The summed E-state index contributed by atoms with van der Waals surface area (Å²) < 4.78 is 9.93. The molecule has 0 aliphatic rings. The minimum Gasteiger partial charge on any atom is -0.497 e. The van der Waals surface area contributed by atoms with Gasteiger partial charge in [-0.2, -0.15) is 0 Å². The molecule has 0 amide bonds. The van der Waals surface area contributed by atoms with E-state index < -0.39 is 0 Å². The Morgan fingerprint density at radius 2 is 1.81 bits per heavy atom. The normalized spacial score (nSPS) is 12.3. The molecular formula is C15H16N4O2. The molecule has 1 atom stereocenters. The number of nitrogens with two attached hydrogens (primary N) is 1. The first-order valence-corrected chi connectivity index (χ1v) is 6.60. The minimum absolute atomic E-state index is 0.0967. The van der Waals surface area contributed by atoms with Crippen molar-refractivity contribution in [3.05, 3.63) is 42.0 Å². The molecule has 0 saturated carbocycles. The van der Waals surface area contributed by atoms with Gasteiger partial charge < -0.3 is 15.8 Å². The first-order chi connectivity index (χ1) is 10.2. The molecule has 0 fully saturated rings. The fraction of sp³-hybridized carbons (Fsp3) is 0.200. The number of rotatable bonds is 4. The zero-order valence-corrected chi connectivity index (χ0v) is 11.8. The van der Waals surface area contributed by atoms with E-state index in [9.17, 15) is 0 Å². The van der Waals surface area contributed by atoms with Gasteiger partial charge in [0.2, 0.25) is 0 Å². The molecular weight excluding hydrogens is 268 g/mol. The van der Waals surface area contributed by atoms with Gasteiger partial charge in [0.05, 0.1) is 18.5 Å². The molecule has 0 aliphatic carbocycles. The van der Waals surface area contributed by atoms with Crippen LogP contribution >= 0.6 is 0 Å². The van der Waals surface area contributed by atoms with Crippen LogP contribution in [0.1, 0.15) is 18.5 Å². The molecule has 3 rings (SSSR count).